The van der Waals surface area contributed by atoms with Crippen LogP contribution in [0.25, 0.3) is 0 Å². The zero-order valence-electron chi connectivity index (χ0n) is 15.1. The predicted octanol–water partition coefficient (Wildman–Crippen LogP) is -0.146. The quantitative estimate of drug-likeness (QED) is 0.769. The number of carbonyl (C=O) groups excluding carboxylic acids is 2. The summed E-state index contributed by atoms with van der Waals surface area (Å²) in [5.74, 6) is -1.36. The van der Waals surface area contributed by atoms with Crippen LogP contribution >= 0.6 is 0 Å². The van der Waals surface area contributed by atoms with E-state index in [1.54, 1.807) is 0 Å². The van der Waals surface area contributed by atoms with E-state index in [-0.39, 0.29) is 6.04 Å². The van der Waals surface area contributed by atoms with Gasteiger partial charge in [-0.2, -0.15) is 5.06 Å². The molecule has 1 aromatic carbocycles. The van der Waals surface area contributed by atoms with Gasteiger partial charge in [0, 0.05) is 5.56 Å². The van der Waals surface area contributed by atoms with Gasteiger partial charge in [0.1, 0.15) is 12.6 Å². The lowest BCUT2D eigenvalue weighted by Crippen LogP contribution is -2.92. The molecule has 2 aliphatic rings. The number of nitrogens with zero attached hydrogens (tertiary/aromatic N) is 2. The molecule has 25 heavy (non-hydrogen) atoms. The number of benzene rings is 1. The van der Waals surface area contributed by atoms with Crippen molar-refractivity contribution in [1.29, 1.82) is 0 Å². The number of para-hydroxylation sites is 1. The lowest BCUT2D eigenvalue weighted by atomic mass is 10.0. The summed E-state index contributed by atoms with van der Waals surface area (Å²) >= 11 is 0. The number of hydroxylamine groups is 2. The van der Waals surface area contributed by atoms with Crippen LogP contribution in [-0.2, 0) is 9.63 Å². The molecule has 8 heteroatoms. The molecule has 0 aromatic heterocycles. The molecule has 2 bridgehead atoms. The maximum absolute atomic E-state index is 11.9. The van der Waals surface area contributed by atoms with E-state index in [4.69, 9.17) is 4.84 Å². The van der Waals surface area contributed by atoms with Gasteiger partial charge in [-0.15, -0.1) is 0 Å². The number of hydrogen-bond donors (Lipinski definition) is 2. The third-order valence-corrected chi connectivity index (χ3v) is 3.72. The van der Waals surface area contributed by atoms with Crippen LogP contribution in [0.5, 0.6) is 0 Å². The Morgan fingerprint density at radius 3 is 2.52 bits per heavy atom. The number of urea groups is 1. The molecule has 8 nitrogen and oxygen atoms in total. The van der Waals surface area contributed by atoms with Gasteiger partial charge in [-0.25, -0.2) is 9.80 Å². The molecule has 1 aromatic rings. The first-order chi connectivity index (χ1) is 11.8. The highest BCUT2D eigenvalue weighted by atomic mass is 16.7. The van der Waals surface area contributed by atoms with Crippen molar-refractivity contribution in [2.45, 2.75) is 45.8 Å². The van der Waals surface area contributed by atoms with Gasteiger partial charge in [0.25, 0.3) is 0 Å². The van der Waals surface area contributed by atoms with E-state index >= 15 is 0 Å². The van der Waals surface area contributed by atoms with Gasteiger partial charge in [-0.05, 0) is 33.8 Å². The van der Waals surface area contributed by atoms with E-state index in [9.17, 15) is 14.7 Å². The minimum absolute atomic E-state index is 0.297. The van der Waals surface area contributed by atoms with Crippen LogP contribution in [-0.4, -0.2) is 47.3 Å². The molecule has 1 atom stereocenters. The fraction of sp³-hybridized carbons (Fsp3) is 0.529. The third-order valence-electron chi connectivity index (χ3n) is 3.72. The number of carbonyl (C=O) groups is 2. The maximum atomic E-state index is 11.9. The highest BCUT2D eigenvalue weighted by Gasteiger charge is 2.44. The second-order valence-electron chi connectivity index (χ2n) is 6.76. The van der Waals surface area contributed by atoms with Crippen molar-refractivity contribution in [2.75, 3.05) is 18.6 Å². The molecular weight excluding hydrogens is 324 g/mol. The molecule has 3 rings (SSSR count). The van der Waals surface area contributed by atoms with E-state index in [2.05, 4.69) is 38.4 Å². The number of anilines is 1. The van der Waals surface area contributed by atoms with Crippen LogP contribution in [0.1, 0.15) is 39.3 Å². The van der Waals surface area contributed by atoms with Crippen LogP contribution in [0.15, 0.2) is 24.3 Å². The molecule has 0 radical (unpaired) electrons. The predicted molar refractivity (Wildman–Crippen MR) is 89.9 cm³/mol. The number of hydrogen-bond acceptors (Lipinski definition) is 5. The smallest absolute Gasteiger partial charge is 0.363 e. The van der Waals surface area contributed by atoms with Crippen molar-refractivity contribution in [3.8, 4) is 0 Å². The Kier molecular flexibility index (Phi) is 6.22. The molecule has 2 amide bonds. The SMILES string of the molecule is CC(C)[NH2+]C(C)C.O=C([O-])CON1C(=O)N2CC1c1ccccc1N2. The highest BCUT2D eigenvalue weighted by molar-refractivity contribution is 5.81. The van der Waals surface area contributed by atoms with Gasteiger partial charge in [0.05, 0.1) is 30.3 Å². The Hall–Kier alpha value is -2.32. The first kappa shape index (κ1) is 19.0. The number of hydrazine groups is 1. The molecule has 0 spiro atoms. The zero-order chi connectivity index (χ0) is 18.6. The second kappa shape index (κ2) is 8.17. The zero-order valence-corrected chi connectivity index (χ0v) is 15.1. The molecular formula is C17H26N4O4. The third kappa shape index (κ3) is 4.83. The molecule has 2 heterocycles. The summed E-state index contributed by atoms with van der Waals surface area (Å²) in [7, 11) is 0. The summed E-state index contributed by atoms with van der Waals surface area (Å²) in [5, 5.41) is 15.2. The number of fused-ring (bicyclic) bond motifs is 4. The van der Waals surface area contributed by atoms with Gasteiger partial charge in [-0.3, -0.25) is 10.3 Å². The highest BCUT2D eigenvalue weighted by Crippen LogP contribution is 2.38. The molecule has 1 saturated heterocycles. The Balaban J connectivity index is 0.000000277. The van der Waals surface area contributed by atoms with Crippen LogP contribution in [0.2, 0.25) is 0 Å². The minimum Gasteiger partial charge on any atom is -0.548 e. The fourth-order valence-electron chi connectivity index (χ4n) is 2.97. The van der Waals surface area contributed by atoms with Crippen molar-refractivity contribution in [2.24, 2.45) is 0 Å². The summed E-state index contributed by atoms with van der Waals surface area (Å²) in [6.45, 7) is 8.61. The minimum atomic E-state index is -1.36. The summed E-state index contributed by atoms with van der Waals surface area (Å²) in [6, 6.07) is 8.24. The lowest BCUT2D eigenvalue weighted by Gasteiger charge is -2.26. The van der Waals surface area contributed by atoms with Crippen LogP contribution in [0, 0.1) is 0 Å². The summed E-state index contributed by atoms with van der Waals surface area (Å²) in [4.78, 5) is 27.3. The topological polar surface area (TPSA) is 102 Å². The van der Waals surface area contributed by atoms with Gasteiger partial charge in [0.2, 0.25) is 0 Å². The van der Waals surface area contributed by atoms with Crippen molar-refractivity contribution in [3.05, 3.63) is 29.8 Å². The fourth-order valence-corrected chi connectivity index (χ4v) is 2.97. The van der Waals surface area contributed by atoms with Crippen LogP contribution in [0.3, 0.4) is 0 Å². The molecule has 0 saturated carbocycles. The molecule has 0 aliphatic carbocycles. The molecule has 2 aliphatic heterocycles. The van der Waals surface area contributed by atoms with E-state index in [1.807, 2.05) is 24.3 Å². The molecule has 3 N–H and O–H groups in total. The lowest BCUT2D eigenvalue weighted by molar-refractivity contribution is -0.709. The van der Waals surface area contributed by atoms with Gasteiger partial charge in [0.15, 0.2) is 0 Å². The van der Waals surface area contributed by atoms with E-state index in [0.29, 0.717) is 6.54 Å². The van der Waals surface area contributed by atoms with Crippen molar-refractivity contribution in [1.82, 2.24) is 10.1 Å². The van der Waals surface area contributed by atoms with E-state index in [0.717, 1.165) is 28.4 Å². The number of nitrogens with two attached hydrogens (primary N) is 1. The number of carboxylic acids is 1. The number of amides is 2. The Morgan fingerprint density at radius 1 is 1.32 bits per heavy atom. The van der Waals surface area contributed by atoms with Crippen LogP contribution < -0.4 is 15.8 Å². The van der Waals surface area contributed by atoms with Gasteiger partial charge in [-0.1, -0.05) is 18.2 Å². The first-order valence-electron chi connectivity index (χ1n) is 8.43. The standard InChI is InChI=1S/C11H11N3O4.C6H15N/c15-10(16)6-18-14-9-5-13(11(14)17)12-8-4-2-1-3-7(8)9;1-5(2)7-6(3)4/h1-4,9,12H,5-6H2,(H,15,16);5-7H,1-4H3. The number of rotatable bonds is 5. The van der Waals surface area contributed by atoms with Gasteiger partial charge < -0.3 is 15.2 Å². The summed E-state index contributed by atoms with van der Waals surface area (Å²) < 4.78 is 0. The molecule has 1 fully saturated rings. The van der Waals surface area contributed by atoms with Crippen molar-refractivity contribution in [3.63, 3.8) is 0 Å². The van der Waals surface area contributed by atoms with Crippen molar-refractivity contribution >= 4 is 17.7 Å². The monoisotopic (exact) mass is 350 g/mol. The Labute approximate surface area is 147 Å². The maximum Gasteiger partial charge on any atom is 0.363 e. The van der Waals surface area contributed by atoms with Gasteiger partial charge >= 0.3 is 6.03 Å². The summed E-state index contributed by atoms with van der Waals surface area (Å²) in [6.07, 6.45) is 0. The molecule has 1 unspecified atom stereocenters. The second-order valence-corrected chi connectivity index (χ2v) is 6.76. The van der Waals surface area contributed by atoms with E-state index < -0.39 is 18.6 Å². The number of nitrogens with one attached hydrogen (secondary N) is 1. The largest absolute Gasteiger partial charge is 0.548 e. The number of carboxylic acid groups (broad SMARTS) is 1. The molecule has 138 valence electrons. The summed E-state index contributed by atoms with van der Waals surface area (Å²) in [5.41, 5.74) is 4.68. The average Bonchev–Trinajstić information content (AvgIpc) is 2.77. The Morgan fingerprint density at radius 2 is 1.96 bits per heavy atom. The van der Waals surface area contributed by atoms with Crippen LogP contribution in [0.4, 0.5) is 10.5 Å². The number of quaternary nitrogens is 1. The number of aliphatic carboxylic acids is 1. The average molecular weight is 350 g/mol. The first-order valence-corrected chi connectivity index (χ1v) is 8.43. The Bertz CT molecular complexity index is 614. The van der Waals surface area contributed by atoms with Crippen molar-refractivity contribution < 1.29 is 24.8 Å². The van der Waals surface area contributed by atoms with E-state index in [1.165, 1.54) is 5.01 Å². The normalized spacial score (nSPS) is 18.0.